The van der Waals surface area contributed by atoms with Crippen LogP contribution in [0.3, 0.4) is 0 Å². The first kappa shape index (κ1) is 23.4. The standard InChI is InChI=1S/C24H28FN3O4S/c25-19-8-10-20(11-9-19)26-23(29)17-28-22-13-12-21(16-18(22)6-5-7-24(28)30)33(31,32)27-14-3-1-2-4-15-27/h8-13,16H,1-7,14-15,17H2,(H,26,29). The van der Waals surface area contributed by atoms with Gasteiger partial charge in [0.25, 0.3) is 0 Å². The van der Waals surface area contributed by atoms with Gasteiger partial charge in [-0.25, -0.2) is 12.8 Å². The lowest BCUT2D eigenvalue weighted by atomic mass is 10.1. The molecule has 0 atom stereocenters. The van der Waals surface area contributed by atoms with E-state index >= 15 is 0 Å². The van der Waals surface area contributed by atoms with Crippen molar-refractivity contribution in [3.05, 3.63) is 53.8 Å². The maximum absolute atomic E-state index is 13.2. The Bertz CT molecular complexity index is 1130. The van der Waals surface area contributed by atoms with Gasteiger partial charge in [0.15, 0.2) is 0 Å². The minimum Gasteiger partial charge on any atom is -0.325 e. The summed E-state index contributed by atoms with van der Waals surface area (Å²) in [5, 5.41) is 2.67. The number of sulfonamides is 1. The van der Waals surface area contributed by atoms with Gasteiger partial charge in [-0.2, -0.15) is 4.31 Å². The molecule has 2 aromatic rings. The van der Waals surface area contributed by atoms with Crippen molar-refractivity contribution in [3.63, 3.8) is 0 Å². The molecule has 0 radical (unpaired) electrons. The van der Waals surface area contributed by atoms with Gasteiger partial charge in [0.2, 0.25) is 21.8 Å². The maximum atomic E-state index is 13.2. The number of carbonyl (C=O) groups is 2. The normalized spacial score (nSPS) is 17.7. The fraction of sp³-hybridized carbons (Fsp3) is 0.417. The molecule has 0 aromatic heterocycles. The highest BCUT2D eigenvalue weighted by Gasteiger charge is 2.29. The lowest BCUT2D eigenvalue weighted by Gasteiger charge is -2.24. The summed E-state index contributed by atoms with van der Waals surface area (Å²) in [6.07, 6.45) is 5.19. The number of nitrogens with one attached hydrogen (secondary N) is 1. The molecule has 2 amide bonds. The van der Waals surface area contributed by atoms with Crippen LogP contribution >= 0.6 is 0 Å². The van der Waals surface area contributed by atoms with Crippen molar-refractivity contribution in [3.8, 4) is 0 Å². The van der Waals surface area contributed by atoms with Crippen LogP contribution in [0.25, 0.3) is 0 Å². The zero-order valence-electron chi connectivity index (χ0n) is 18.4. The van der Waals surface area contributed by atoms with Gasteiger partial charge in [-0.15, -0.1) is 0 Å². The summed E-state index contributed by atoms with van der Waals surface area (Å²) in [6, 6.07) is 10.2. The van der Waals surface area contributed by atoms with E-state index in [4.69, 9.17) is 0 Å². The average Bonchev–Trinajstić information content (AvgIpc) is 3.16. The number of benzene rings is 2. The number of fused-ring (bicyclic) bond motifs is 1. The lowest BCUT2D eigenvalue weighted by molar-refractivity contribution is -0.121. The molecule has 33 heavy (non-hydrogen) atoms. The molecular weight excluding hydrogens is 445 g/mol. The van der Waals surface area contributed by atoms with E-state index in [1.165, 1.54) is 35.2 Å². The molecule has 4 rings (SSSR count). The molecule has 0 saturated carbocycles. The number of carbonyl (C=O) groups excluding carboxylic acids is 2. The monoisotopic (exact) mass is 473 g/mol. The Morgan fingerprint density at radius 2 is 1.64 bits per heavy atom. The first-order chi connectivity index (χ1) is 15.8. The minimum atomic E-state index is -3.61. The summed E-state index contributed by atoms with van der Waals surface area (Å²) in [4.78, 5) is 27.0. The number of aryl methyl sites for hydroxylation is 1. The van der Waals surface area contributed by atoms with Crippen LogP contribution < -0.4 is 10.2 Å². The maximum Gasteiger partial charge on any atom is 0.244 e. The minimum absolute atomic E-state index is 0.189. The zero-order chi connectivity index (χ0) is 23.4. The van der Waals surface area contributed by atoms with Crippen molar-refractivity contribution in [1.29, 1.82) is 0 Å². The van der Waals surface area contributed by atoms with Gasteiger partial charge in [-0.05, 0) is 73.7 Å². The summed E-state index contributed by atoms with van der Waals surface area (Å²) >= 11 is 0. The van der Waals surface area contributed by atoms with E-state index in [0.717, 1.165) is 31.2 Å². The highest BCUT2D eigenvalue weighted by molar-refractivity contribution is 7.89. The number of anilines is 2. The Morgan fingerprint density at radius 1 is 0.939 bits per heavy atom. The zero-order valence-corrected chi connectivity index (χ0v) is 19.2. The van der Waals surface area contributed by atoms with Crippen LogP contribution in [0, 0.1) is 5.82 Å². The Balaban J connectivity index is 1.56. The van der Waals surface area contributed by atoms with Crippen LogP contribution in [0.5, 0.6) is 0 Å². The summed E-state index contributed by atoms with van der Waals surface area (Å²) < 4.78 is 41.1. The molecule has 176 valence electrons. The molecule has 1 N–H and O–H groups in total. The van der Waals surface area contributed by atoms with Gasteiger partial charge in [-0.1, -0.05) is 12.8 Å². The van der Waals surface area contributed by atoms with Gasteiger partial charge in [0.05, 0.1) is 4.90 Å². The highest BCUT2D eigenvalue weighted by atomic mass is 32.2. The van der Waals surface area contributed by atoms with Crippen molar-refractivity contribution in [1.82, 2.24) is 4.31 Å². The van der Waals surface area contributed by atoms with E-state index in [-0.39, 0.29) is 23.8 Å². The third kappa shape index (κ3) is 5.42. The van der Waals surface area contributed by atoms with Crippen molar-refractivity contribution in [2.45, 2.75) is 49.8 Å². The first-order valence-corrected chi connectivity index (χ1v) is 12.8. The first-order valence-electron chi connectivity index (χ1n) is 11.3. The van der Waals surface area contributed by atoms with Crippen molar-refractivity contribution >= 4 is 33.2 Å². The second kappa shape index (κ2) is 10.0. The van der Waals surface area contributed by atoms with Gasteiger partial charge in [-0.3, -0.25) is 9.59 Å². The third-order valence-corrected chi connectivity index (χ3v) is 8.01. The van der Waals surface area contributed by atoms with Crippen molar-refractivity contribution in [2.24, 2.45) is 0 Å². The van der Waals surface area contributed by atoms with Gasteiger partial charge < -0.3 is 10.2 Å². The van der Waals surface area contributed by atoms with E-state index < -0.39 is 21.7 Å². The molecule has 2 heterocycles. The van der Waals surface area contributed by atoms with Crippen molar-refractivity contribution in [2.75, 3.05) is 29.9 Å². The number of amides is 2. The quantitative estimate of drug-likeness (QED) is 0.718. The van der Waals surface area contributed by atoms with Gasteiger partial charge in [0, 0.05) is 30.9 Å². The van der Waals surface area contributed by atoms with Crippen LogP contribution in [-0.4, -0.2) is 44.2 Å². The predicted octanol–water partition coefficient (Wildman–Crippen LogP) is 3.70. The molecule has 7 nitrogen and oxygen atoms in total. The molecule has 0 spiro atoms. The summed E-state index contributed by atoms with van der Waals surface area (Å²) in [7, 11) is -3.61. The van der Waals surface area contributed by atoms with Crippen LogP contribution in [0.2, 0.25) is 0 Å². The predicted molar refractivity (Wildman–Crippen MR) is 124 cm³/mol. The average molecular weight is 474 g/mol. The Hall–Kier alpha value is -2.78. The van der Waals surface area contributed by atoms with Crippen LogP contribution in [0.15, 0.2) is 47.4 Å². The van der Waals surface area contributed by atoms with Gasteiger partial charge in [0.1, 0.15) is 12.4 Å². The molecule has 2 aromatic carbocycles. The van der Waals surface area contributed by atoms with Gasteiger partial charge >= 0.3 is 0 Å². The molecule has 0 unspecified atom stereocenters. The SMILES string of the molecule is O=C(CN1C(=O)CCCc2cc(S(=O)(=O)N3CCCCCC3)ccc21)Nc1ccc(F)cc1. The van der Waals surface area contributed by atoms with E-state index in [9.17, 15) is 22.4 Å². The molecular formula is C24H28FN3O4S. The topological polar surface area (TPSA) is 86.8 Å². The Kier molecular flexibility index (Phi) is 7.09. The van der Waals surface area contributed by atoms with Crippen LogP contribution in [0.4, 0.5) is 15.8 Å². The van der Waals surface area contributed by atoms with E-state index in [1.807, 2.05) is 0 Å². The molecule has 2 aliphatic heterocycles. The van der Waals surface area contributed by atoms with E-state index in [1.54, 1.807) is 16.4 Å². The Labute approximate surface area is 193 Å². The molecule has 2 aliphatic rings. The molecule has 1 saturated heterocycles. The Morgan fingerprint density at radius 3 is 2.33 bits per heavy atom. The number of nitrogens with zero attached hydrogens (tertiary/aromatic N) is 2. The number of rotatable bonds is 5. The molecule has 0 aliphatic carbocycles. The number of halogens is 1. The molecule has 1 fully saturated rings. The highest BCUT2D eigenvalue weighted by Crippen LogP contribution is 2.31. The summed E-state index contributed by atoms with van der Waals surface area (Å²) in [5.41, 5.74) is 1.73. The lowest BCUT2D eigenvalue weighted by Crippen LogP contribution is -2.38. The fourth-order valence-electron chi connectivity index (χ4n) is 4.37. The number of hydrogen-bond donors (Lipinski definition) is 1. The fourth-order valence-corrected chi connectivity index (χ4v) is 5.94. The van der Waals surface area contributed by atoms with E-state index in [2.05, 4.69) is 5.32 Å². The summed E-state index contributed by atoms with van der Waals surface area (Å²) in [6.45, 7) is 0.836. The largest absolute Gasteiger partial charge is 0.325 e. The summed E-state index contributed by atoms with van der Waals surface area (Å²) in [5.74, 6) is -1.01. The molecule has 9 heteroatoms. The number of hydrogen-bond acceptors (Lipinski definition) is 4. The second-order valence-electron chi connectivity index (χ2n) is 8.50. The van der Waals surface area contributed by atoms with E-state index in [0.29, 0.717) is 37.3 Å². The van der Waals surface area contributed by atoms with Crippen LogP contribution in [-0.2, 0) is 26.0 Å². The van der Waals surface area contributed by atoms with Crippen molar-refractivity contribution < 1.29 is 22.4 Å². The smallest absolute Gasteiger partial charge is 0.244 e. The second-order valence-corrected chi connectivity index (χ2v) is 10.4. The molecule has 0 bridgehead atoms. The van der Waals surface area contributed by atoms with Crippen LogP contribution in [0.1, 0.15) is 44.1 Å². The third-order valence-electron chi connectivity index (χ3n) is 6.11.